The number of benzene rings is 2. The maximum atomic E-state index is 12.6. The normalized spacial score (nSPS) is 10.6. The first-order valence-electron chi connectivity index (χ1n) is 7.65. The van der Waals surface area contributed by atoms with E-state index in [0.717, 1.165) is 4.90 Å². The number of halogens is 2. The molecule has 0 heterocycles. The van der Waals surface area contributed by atoms with Crippen molar-refractivity contribution in [3.63, 3.8) is 0 Å². The molecule has 0 bridgehead atoms. The van der Waals surface area contributed by atoms with E-state index >= 15 is 0 Å². The summed E-state index contributed by atoms with van der Waals surface area (Å²) in [5, 5.41) is 6.24. The summed E-state index contributed by atoms with van der Waals surface area (Å²) in [6.07, 6.45) is 0. The third-order valence-corrected chi connectivity index (χ3v) is 5.03. The first-order valence-corrected chi connectivity index (χ1v) is 9.39. The van der Waals surface area contributed by atoms with Gasteiger partial charge in [0.15, 0.2) is 0 Å². The maximum Gasteiger partial charge on any atom is 0.256 e. The van der Waals surface area contributed by atoms with Crippen molar-refractivity contribution in [3.05, 3.63) is 58.1 Å². The van der Waals surface area contributed by atoms with Crippen LogP contribution in [-0.2, 0) is 4.79 Å². The van der Waals surface area contributed by atoms with Gasteiger partial charge in [0.1, 0.15) is 0 Å². The summed E-state index contributed by atoms with van der Waals surface area (Å²) < 4.78 is 0. The Morgan fingerprint density at radius 3 is 2.52 bits per heavy atom. The van der Waals surface area contributed by atoms with Crippen LogP contribution >= 0.6 is 35.0 Å². The monoisotopic (exact) mass is 396 g/mol. The highest BCUT2D eigenvalue weighted by atomic mass is 35.5. The van der Waals surface area contributed by atoms with Gasteiger partial charge in [-0.2, -0.15) is 0 Å². The highest BCUT2D eigenvalue weighted by Crippen LogP contribution is 2.30. The van der Waals surface area contributed by atoms with Crippen LogP contribution in [0.1, 0.15) is 24.2 Å². The lowest BCUT2D eigenvalue weighted by Gasteiger charge is -2.12. The van der Waals surface area contributed by atoms with Gasteiger partial charge in [0.2, 0.25) is 5.91 Å². The Labute approximate surface area is 161 Å². The third kappa shape index (κ3) is 5.66. The van der Waals surface area contributed by atoms with Crippen LogP contribution in [0.15, 0.2) is 47.4 Å². The van der Waals surface area contributed by atoms with Gasteiger partial charge in [0.05, 0.1) is 27.0 Å². The van der Waals surface area contributed by atoms with Crippen molar-refractivity contribution in [3.8, 4) is 0 Å². The van der Waals surface area contributed by atoms with Crippen LogP contribution in [0.2, 0.25) is 10.0 Å². The summed E-state index contributed by atoms with van der Waals surface area (Å²) in [6.45, 7) is 3.80. The third-order valence-electron chi connectivity index (χ3n) is 3.14. The van der Waals surface area contributed by atoms with Gasteiger partial charge in [-0.05, 0) is 38.1 Å². The molecule has 0 aliphatic carbocycles. The van der Waals surface area contributed by atoms with E-state index in [1.54, 1.807) is 30.3 Å². The molecule has 2 N–H and O–H groups in total. The lowest BCUT2D eigenvalue weighted by atomic mass is 10.2. The Bertz CT molecular complexity index is 781. The van der Waals surface area contributed by atoms with Crippen molar-refractivity contribution in [2.24, 2.45) is 0 Å². The van der Waals surface area contributed by atoms with Crippen LogP contribution in [0.3, 0.4) is 0 Å². The number of hydrogen-bond donors (Lipinski definition) is 2. The number of rotatable bonds is 6. The minimum atomic E-state index is -0.309. The second kappa shape index (κ2) is 9.13. The molecular weight excluding hydrogens is 379 g/mol. The molecule has 4 nitrogen and oxygen atoms in total. The minimum Gasteiger partial charge on any atom is -0.353 e. The Hall–Kier alpha value is -1.69. The fourth-order valence-corrected chi connectivity index (χ4v) is 3.29. The van der Waals surface area contributed by atoms with E-state index in [9.17, 15) is 9.59 Å². The van der Waals surface area contributed by atoms with Crippen molar-refractivity contribution < 1.29 is 9.59 Å². The topological polar surface area (TPSA) is 58.2 Å². The molecule has 0 aromatic heterocycles. The molecule has 0 aliphatic rings. The summed E-state index contributed by atoms with van der Waals surface area (Å²) in [4.78, 5) is 25.1. The summed E-state index contributed by atoms with van der Waals surface area (Å²) in [5.74, 6) is -0.148. The molecule has 25 heavy (non-hydrogen) atoms. The van der Waals surface area contributed by atoms with Crippen LogP contribution in [0.4, 0.5) is 5.69 Å². The molecule has 0 radical (unpaired) electrons. The van der Waals surface area contributed by atoms with Crippen LogP contribution in [0.5, 0.6) is 0 Å². The fourth-order valence-electron chi connectivity index (χ4n) is 2.08. The van der Waals surface area contributed by atoms with E-state index in [-0.39, 0.29) is 23.6 Å². The number of hydrogen-bond acceptors (Lipinski definition) is 3. The Balaban J connectivity index is 2.12. The van der Waals surface area contributed by atoms with E-state index < -0.39 is 0 Å². The molecule has 2 aromatic rings. The highest BCUT2D eigenvalue weighted by Gasteiger charge is 2.15. The van der Waals surface area contributed by atoms with E-state index in [0.29, 0.717) is 21.3 Å². The summed E-state index contributed by atoms with van der Waals surface area (Å²) >= 11 is 13.4. The molecular formula is C18H18Cl2N2O2S. The van der Waals surface area contributed by atoms with Crippen LogP contribution < -0.4 is 10.6 Å². The molecule has 0 fully saturated rings. The van der Waals surface area contributed by atoms with Crippen LogP contribution in [-0.4, -0.2) is 23.6 Å². The largest absolute Gasteiger partial charge is 0.353 e. The minimum absolute atomic E-state index is 0.0758. The number of carbonyl (C=O) groups excluding carboxylic acids is 2. The van der Waals surface area contributed by atoms with Gasteiger partial charge >= 0.3 is 0 Å². The van der Waals surface area contributed by atoms with Gasteiger partial charge in [0, 0.05) is 10.9 Å². The zero-order chi connectivity index (χ0) is 18.4. The summed E-state index contributed by atoms with van der Waals surface area (Å²) in [6, 6.07) is 12.2. The highest BCUT2D eigenvalue weighted by molar-refractivity contribution is 8.00. The van der Waals surface area contributed by atoms with E-state index in [2.05, 4.69) is 10.6 Å². The second-order valence-corrected chi connectivity index (χ2v) is 7.36. The lowest BCUT2D eigenvalue weighted by molar-refractivity contribution is -0.119. The smallest absolute Gasteiger partial charge is 0.256 e. The van der Waals surface area contributed by atoms with Crippen molar-refractivity contribution >= 4 is 52.5 Å². The molecule has 7 heteroatoms. The summed E-state index contributed by atoms with van der Waals surface area (Å²) in [7, 11) is 0. The predicted octanol–water partition coefficient (Wildman–Crippen LogP) is 4.86. The SMILES string of the molecule is CC(C)NC(=O)CSc1ccccc1C(=O)Nc1cccc(Cl)c1Cl. The molecule has 0 unspecified atom stereocenters. The van der Waals surface area contributed by atoms with Gasteiger partial charge in [-0.25, -0.2) is 0 Å². The first kappa shape index (κ1) is 19.6. The average Bonchev–Trinajstić information content (AvgIpc) is 2.56. The van der Waals surface area contributed by atoms with Crippen molar-refractivity contribution in [2.45, 2.75) is 24.8 Å². The Kier molecular flexibility index (Phi) is 7.17. The molecule has 0 saturated carbocycles. The molecule has 0 aliphatic heterocycles. The van der Waals surface area contributed by atoms with Gasteiger partial charge < -0.3 is 10.6 Å². The predicted molar refractivity (Wildman–Crippen MR) is 105 cm³/mol. The maximum absolute atomic E-state index is 12.6. The molecule has 2 amide bonds. The fraction of sp³-hybridized carbons (Fsp3) is 0.222. The molecule has 0 spiro atoms. The zero-order valence-electron chi connectivity index (χ0n) is 13.8. The molecule has 2 rings (SSSR count). The average molecular weight is 397 g/mol. The van der Waals surface area contributed by atoms with Gasteiger partial charge in [-0.1, -0.05) is 41.4 Å². The first-order chi connectivity index (χ1) is 11.9. The standard InChI is InChI=1S/C18H18Cl2N2O2S/c1-11(2)21-16(23)10-25-15-9-4-3-6-12(15)18(24)22-14-8-5-7-13(19)17(14)20/h3-9,11H,10H2,1-2H3,(H,21,23)(H,22,24). The van der Waals surface area contributed by atoms with Crippen LogP contribution in [0.25, 0.3) is 0 Å². The number of amides is 2. The van der Waals surface area contributed by atoms with Crippen molar-refractivity contribution in [2.75, 3.05) is 11.1 Å². The van der Waals surface area contributed by atoms with Crippen molar-refractivity contribution in [1.29, 1.82) is 0 Å². The zero-order valence-corrected chi connectivity index (χ0v) is 16.1. The quantitative estimate of drug-likeness (QED) is 0.685. The van der Waals surface area contributed by atoms with E-state index in [1.807, 2.05) is 26.0 Å². The summed E-state index contributed by atoms with van der Waals surface area (Å²) in [5.41, 5.74) is 0.914. The number of nitrogens with one attached hydrogen (secondary N) is 2. The number of carbonyl (C=O) groups is 2. The second-order valence-electron chi connectivity index (χ2n) is 5.56. The Morgan fingerprint density at radius 1 is 1.08 bits per heavy atom. The van der Waals surface area contributed by atoms with Gasteiger partial charge in [-0.3, -0.25) is 9.59 Å². The molecule has 2 aromatic carbocycles. The van der Waals surface area contributed by atoms with E-state index in [1.165, 1.54) is 11.8 Å². The lowest BCUT2D eigenvalue weighted by Crippen LogP contribution is -2.31. The number of anilines is 1. The van der Waals surface area contributed by atoms with Gasteiger partial charge in [-0.15, -0.1) is 11.8 Å². The molecule has 132 valence electrons. The van der Waals surface area contributed by atoms with Crippen LogP contribution in [0, 0.1) is 0 Å². The molecule has 0 atom stereocenters. The Morgan fingerprint density at radius 2 is 1.80 bits per heavy atom. The van der Waals surface area contributed by atoms with Crippen molar-refractivity contribution in [1.82, 2.24) is 5.32 Å². The number of thioether (sulfide) groups is 1. The van der Waals surface area contributed by atoms with Gasteiger partial charge in [0.25, 0.3) is 5.91 Å². The van der Waals surface area contributed by atoms with E-state index in [4.69, 9.17) is 23.2 Å². The molecule has 0 saturated heterocycles.